The van der Waals surface area contributed by atoms with Crippen molar-refractivity contribution in [2.75, 3.05) is 5.32 Å². The predicted octanol–water partition coefficient (Wildman–Crippen LogP) is 0.929. The second-order valence-corrected chi connectivity index (χ2v) is 2.53. The van der Waals surface area contributed by atoms with Crippen LogP contribution in [0.5, 0.6) is 0 Å². The van der Waals surface area contributed by atoms with Crippen LogP contribution in [0.3, 0.4) is 0 Å². The standard InChI is InChI=1S/C6H7ClN4O/c1-3-2-4(7)10-6(9-3)11-5(8)12/h2H,1H3,(H3,8,9,10,11,12). The first-order valence-electron chi connectivity index (χ1n) is 3.15. The number of aromatic nitrogens is 2. The highest BCUT2D eigenvalue weighted by Crippen LogP contribution is 2.08. The maximum Gasteiger partial charge on any atom is 0.319 e. The molecular formula is C6H7ClN4O. The van der Waals surface area contributed by atoms with Crippen molar-refractivity contribution >= 4 is 23.6 Å². The van der Waals surface area contributed by atoms with Gasteiger partial charge in [0, 0.05) is 5.69 Å². The molecule has 0 aliphatic carbocycles. The third-order valence-corrected chi connectivity index (χ3v) is 1.25. The Morgan fingerprint density at radius 1 is 1.67 bits per heavy atom. The van der Waals surface area contributed by atoms with E-state index in [-0.39, 0.29) is 11.1 Å². The molecule has 0 saturated carbocycles. The molecule has 5 nitrogen and oxygen atoms in total. The van der Waals surface area contributed by atoms with Gasteiger partial charge >= 0.3 is 6.03 Å². The number of amides is 2. The molecule has 0 atom stereocenters. The van der Waals surface area contributed by atoms with Crippen molar-refractivity contribution in [3.63, 3.8) is 0 Å². The van der Waals surface area contributed by atoms with Gasteiger partial charge in [-0.05, 0) is 13.0 Å². The van der Waals surface area contributed by atoms with Gasteiger partial charge in [-0.1, -0.05) is 11.6 Å². The SMILES string of the molecule is Cc1cc(Cl)nc(NC(N)=O)n1. The second-order valence-electron chi connectivity index (χ2n) is 2.14. The largest absolute Gasteiger partial charge is 0.351 e. The summed E-state index contributed by atoms with van der Waals surface area (Å²) < 4.78 is 0. The lowest BCUT2D eigenvalue weighted by Gasteiger charge is -2.00. The molecule has 1 aromatic rings. The van der Waals surface area contributed by atoms with E-state index in [0.717, 1.165) is 0 Å². The first-order valence-corrected chi connectivity index (χ1v) is 3.53. The van der Waals surface area contributed by atoms with Crippen LogP contribution in [0.15, 0.2) is 6.07 Å². The highest BCUT2D eigenvalue weighted by atomic mass is 35.5. The Kier molecular flexibility index (Phi) is 2.44. The van der Waals surface area contributed by atoms with Gasteiger partial charge in [0.25, 0.3) is 0 Å². The van der Waals surface area contributed by atoms with Crippen LogP contribution in [0, 0.1) is 6.92 Å². The molecule has 0 aromatic carbocycles. The van der Waals surface area contributed by atoms with Crippen molar-refractivity contribution in [2.24, 2.45) is 5.73 Å². The molecule has 64 valence electrons. The maximum atomic E-state index is 10.4. The number of hydrogen-bond acceptors (Lipinski definition) is 3. The third kappa shape index (κ3) is 2.35. The predicted molar refractivity (Wildman–Crippen MR) is 45.0 cm³/mol. The van der Waals surface area contributed by atoms with Crippen molar-refractivity contribution in [3.05, 3.63) is 16.9 Å². The molecule has 2 amide bonds. The molecule has 12 heavy (non-hydrogen) atoms. The monoisotopic (exact) mass is 186 g/mol. The summed E-state index contributed by atoms with van der Waals surface area (Å²) in [5.74, 6) is 0.118. The number of aryl methyl sites for hydroxylation is 1. The van der Waals surface area contributed by atoms with Crippen LogP contribution in [0.2, 0.25) is 5.15 Å². The number of nitrogens with zero attached hydrogens (tertiary/aromatic N) is 2. The quantitative estimate of drug-likeness (QED) is 0.641. The highest BCUT2D eigenvalue weighted by molar-refractivity contribution is 6.29. The normalized spacial score (nSPS) is 9.50. The Labute approximate surface area is 74.0 Å². The summed E-state index contributed by atoms with van der Waals surface area (Å²) in [6.07, 6.45) is 0. The van der Waals surface area contributed by atoms with E-state index < -0.39 is 6.03 Å². The van der Waals surface area contributed by atoms with E-state index in [2.05, 4.69) is 15.3 Å². The van der Waals surface area contributed by atoms with Crippen LogP contribution in [0.25, 0.3) is 0 Å². The number of carbonyl (C=O) groups is 1. The van der Waals surface area contributed by atoms with Crippen LogP contribution in [0.4, 0.5) is 10.7 Å². The first kappa shape index (κ1) is 8.73. The molecule has 3 N–H and O–H groups in total. The number of nitrogens with two attached hydrogens (primary N) is 1. The van der Waals surface area contributed by atoms with Gasteiger partial charge in [0.05, 0.1) is 0 Å². The number of anilines is 1. The molecule has 0 saturated heterocycles. The number of urea groups is 1. The zero-order valence-corrected chi connectivity index (χ0v) is 7.09. The van der Waals surface area contributed by atoms with Gasteiger partial charge in [-0.3, -0.25) is 5.32 Å². The topological polar surface area (TPSA) is 80.9 Å². The number of hydrogen-bond donors (Lipinski definition) is 2. The lowest BCUT2D eigenvalue weighted by molar-refractivity contribution is 0.259. The van der Waals surface area contributed by atoms with Gasteiger partial charge in [-0.25, -0.2) is 14.8 Å². The minimum Gasteiger partial charge on any atom is -0.351 e. The molecule has 0 fully saturated rings. The molecule has 0 bridgehead atoms. The van der Waals surface area contributed by atoms with Gasteiger partial charge in [-0.2, -0.15) is 0 Å². The molecular weight excluding hydrogens is 180 g/mol. The molecule has 0 unspecified atom stereocenters. The zero-order valence-electron chi connectivity index (χ0n) is 6.34. The fourth-order valence-corrected chi connectivity index (χ4v) is 0.934. The summed E-state index contributed by atoms with van der Waals surface area (Å²) >= 11 is 5.59. The van der Waals surface area contributed by atoms with Crippen molar-refractivity contribution < 1.29 is 4.79 Å². The lowest BCUT2D eigenvalue weighted by atomic mass is 10.5. The Balaban J connectivity index is 2.93. The van der Waals surface area contributed by atoms with Gasteiger partial charge < -0.3 is 5.73 Å². The number of rotatable bonds is 1. The number of nitrogens with one attached hydrogen (secondary N) is 1. The van der Waals surface area contributed by atoms with Crippen LogP contribution in [-0.4, -0.2) is 16.0 Å². The van der Waals surface area contributed by atoms with E-state index in [4.69, 9.17) is 17.3 Å². The second kappa shape index (κ2) is 3.36. The smallest absolute Gasteiger partial charge is 0.319 e. The fourth-order valence-electron chi connectivity index (χ4n) is 0.696. The molecule has 1 heterocycles. The summed E-state index contributed by atoms with van der Waals surface area (Å²) in [4.78, 5) is 18.0. The highest BCUT2D eigenvalue weighted by Gasteiger charge is 2.01. The Bertz CT molecular complexity index is 294. The minimum absolute atomic E-state index is 0.118. The van der Waals surface area contributed by atoms with Crippen LogP contribution >= 0.6 is 11.6 Å². The van der Waals surface area contributed by atoms with E-state index in [1.54, 1.807) is 13.0 Å². The fraction of sp³-hybridized carbons (Fsp3) is 0.167. The van der Waals surface area contributed by atoms with Gasteiger partial charge in [-0.15, -0.1) is 0 Å². The Hall–Kier alpha value is -1.36. The van der Waals surface area contributed by atoms with E-state index in [9.17, 15) is 4.79 Å². The number of halogens is 1. The molecule has 0 aliphatic rings. The van der Waals surface area contributed by atoms with E-state index in [1.165, 1.54) is 0 Å². The number of carbonyl (C=O) groups excluding carboxylic acids is 1. The molecule has 1 aromatic heterocycles. The van der Waals surface area contributed by atoms with E-state index in [1.807, 2.05) is 0 Å². The summed E-state index contributed by atoms with van der Waals surface area (Å²) in [5, 5.41) is 2.49. The summed E-state index contributed by atoms with van der Waals surface area (Å²) in [7, 11) is 0. The molecule has 0 spiro atoms. The summed E-state index contributed by atoms with van der Waals surface area (Å²) in [6.45, 7) is 1.74. The Morgan fingerprint density at radius 2 is 2.33 bits per heavy atom. The molecule has 0 radical (unpaired) electrons. The van der Waals surface area contributed by atoms with E-state index in [0.29, 0.717) is 5.69 Å². The van der Waals surface area contributed by atoms with Crippen molar-refractivity contribution in [1.29, 1.82) is 0 Å². The summed E-state index contributed by atoms with van der Waals surface area (Å²) in [5.41, 5.74) is 5.52. The minimum atomic E-state index is -0.711. The van der Waals surface area contributed by atoms with Gasteiger partial charge in [0.15, 0.2) is 0 Å². The first-order chi connectivity index (χ1) is 5.58. The van der Waals surface area contributed by atoms with E-state index >= 15 is 0 Å². The zero-order chi connectivity index (χ0) is 9.14. The number of primary amides is 1. The van der Waals surface area contributed by atoms with Gasteiger partial charge in [0.2, 0.25) is 5.95 Å². The molecule has 1 rings (SSSR count). The summed E-state index contributed by atoms with van der Waals surface area (Å²) in [6, 6.07) is 0.866. The lowest BCUT2D eigenvalue weighted by Crippen LogP contribution is -2.21. The van der Waals surface area contributed by atoms with Crippen molar-refractivity contribution in [2.45, 2.75) is 6.92 Å². The third-order valence-electron chi connectivity index (χ3n) is 1.06. The molecule has 0 aliphatic heterocycles. The molecule has 6 heteroatoms. The van der Waals surface area contributed by atoms with Crippen molar-refractivity contribution in [1.82, 2.24) is 9.97 Å². The maximum absolute atomic E-state index is 10.4. The van der Waals surface area contributed by atoms with Crippen LogP contribution in [-0.2, 0) is 0 Å². The Morgan fingerprint density at radius 3 is 2.83 bits per heavy atom. The average Bonchev–Trinajstić information content (AvgIpc) is 1.81. The van der Waals surface area contributed by atoms with Crippen LogP contribution < -0.4 is 11.1 Å². The van der Waals surface area contributed by atoms with Crippen LogP contribution in [0.1, 0.15) is 5.69 Å². The van der Waals surface area contributed by atoms with Crippen molar-refractivity contribution in [3.8, 4) is 0 Å². The average molecular weight is 187 g/mol. The van der Waals surface area contributed by atoms with Gasteiger partial charge in [0.1, 0.15) is 5.15 Å².